The lowest BCUT2D eigenvalue weighted by atomic mass is 9.62. The first kappa shape index (κ1) is 22.4. The van der Waals surface area contributed by atoms with Crippen molar-refractivity contribution in [2.24, 2.45) is 0 Å². The zero-order valence-corrected chi connectivity index (χ0v) is 20.8. The maximum atomic E-state index is 14.4. The number of thioether (sulfide) groups is 1. The van der Waals surface area contributed by atoms with Gasteiger partial charge in [0.05, 0.1) is 17.8 Å². The average molecular weight is 479 g/mol. The Morgan fingerprint density at radius 1 is 0.800 bits per heavy atom. The van der Waals surface area contributed by atoms with Gasteiger partial charge in [0.25, 0.3) is 5.56 Å². The van der Waals surface area contributed by atoms with Gasteiger partial charge in [-0.05, 0) is 36.0 Å². The quantitative estimate of drug-likeness (QED) is 0.229. The Morgan fingerprint density at radius 3 is 2.20 bits per heavy atom. The Morgan fingerprint density at radius 2 is 1.46 bits per heavy atom. The van der Waals surface area contributed by atoms with Crippen molar-refractivity contribution in [2.75, 3.05) is 0 Å². The van der Waals surface area contributed by atoms with Crippen LogP contribution in [0.25, 0.3) is 11.3 Å². The number of hydrogen-bond donors (Lipinski definition) is 0. The summed E-state index contributed by atoms with van der Waals surface area (Å²) in [4.78, 5) is 19.7. The molecule has 0 unspecified atom stereocenters. The number of rotatable bonds is 5. The molecule has 176 valence electrons. The van der Waals surface area contributed by atoms with Crippen LogP contribution in [-0.2, 0) is 24.1 Å². The van der Waals surface area contributed by atoms with E-state index in [0.29, 0.717) is 6.54 Å². The Labute approximate surface area is 211 Å². The number of fused-ring (bicyclic) bond motifs is 4. The molecule has 4 aromatic rings. The molecule has 0 radical (unpaired) electrons. The van der Waals surface area contributed by atoms with Crippen molar-refractivity contribution in [2.45, 2.75) is 61.4 Å². The van der Waals surface area contributed by atoms with Crippen LogP contribution in [0.15, 0.2) is 94.9 Å². The van der Waals surface area contributed by atoms with Gasteiger partial charge in [-0.3, -0.25) is 9.36 Å². The van der Waals surface area contributed by atoms with Crippen LogP contribution < -0.4 is 5.56 Å². The van der Waals surface area contributed by atoms with E-state index < -0.39 is 0 Å². The van der Waals surface area contributed by atoms with Crippen molar-refractivity contribution >= 4 is 11.8 Å². The van der Waals surface area contributed by atoms with E-state index in [-0.39, 0.29) is 11.0 Å². The van der Waals surface area contributed by atoms with Gasteiger partial charge < -0.3 is 0 Å². The van der Waals surface area contributed by atoms with E-state index in [0.717, 1.165) is 52.6 Å². The van der Waals surface area contributed by atoms with Gasteiger partial charge in [-0.15, -0.1) is 0 Å². The predicted octanol–water partition coefficient (Wildman–Crippen LogP) is 7.01. The molecule has 6 rings (SSSR count). The topological polar surface area (TPSA) is 34.9 Å². The largest absolute Gasteiger partial charge is 0.283 e. The van der Waals surface area contributed by atoms with Gasteiger partial charge >= 0.3 is 0 Å². The highest BCUT2D eigenvalue weighted by atomic mass is 32.2. The molecule has 0 bridgehead atoms. The van der Waals surface area contributed by atoms with Crippen LogP contribution in [0.5, 0.6) is 0 Å². The van der Waals surface area contributed by atoms with Crippen LogP contribution in [-0.4, -0.2) is 9.55 Å². The summed E-state index contributed by atoms with van der Waals surface area (Å²) < 4.78 is 1.95. The third-order valence-electron chi connectivity index (χ3n) is 7.67. The van der Waals surface area contributed by atoms with Gasteiger partial charge in [-0.2, -0.15) is 0 Å². The van der Waals surface area contributed by atoms with E-state index >= 15 is 0 Å². The fourth-order valence-corrected chi connectivity index (χ4v) is 6.91. The second-order valence-corrected chi connectivity index (χ2v) is 10.9. The first-order chi connectivity index (χ1) is 17.2. The first-order valence-electron chi connectivity index (χ1n) is 12.7. The minimum Gasteiger partial charge on any atom is -0.283 e. The Hall–Kier alpha value is -3.11. The third-order valence-corrected chi connectivity index (χ3v) is 8.72. The Kier molecular flexibility index (Phi) is 6.07. The average Bonchev–Trinajstić information content (AvgIpc) is 2.91. The Bertz CT molecular complexity index is 1390. The number of nitrogens with zero attached hydrogens (tertiary/aromatic N) is 2. The molecule has 4 heteroatoms. The maximum Gasteiger partial charge on any atom is 0.258 e. The molecule has 0 N–H and O–H groups in total. The van der Waals surface area contributed by atoms with Crippen molar-refractivity contribution in [1.82, 2.24) is 9.55 Å². The second kappa shape index (κ2) is 9.50. The van der Waals surface area contributed by atoms with Crippen molar-refractivity contribution < 1.29 is 0 Å². The smallest absolute Gasteiger partial charge is 0.258 e. The standard InChI is InChI=1S/C31H30N2OS/c34-29-27-28(26-17-9-8-16-25(26)20-31(27)18-10-3-11-19-31)32-30(35-22-24-14-6-2-7-15-24)33(29)21-23-12-4-1-5-13-23/h1-2,4-9,12-17H,3,10-11,18-22H2. The summed E-state index contributed by atoms with van der Waals surface area (Å²) >= 11 is 1.67. The van der Waals surface area contributed by atoms with Crippen molar-refractivity contribution in [3.05, 3.63) is 118 Å². The predicted molar refractivity (Wildman–Crippen MR) is 144 cm³/mol. The van der Waals surface area contributed by atoms with Crippen LogP contribution in [0, 0.1) is 0 Å². The summed E-state index contributed by atoms with van der Waals surface area (Å²) in [6.07, 6.45) is 6.74. The lowest BCUT2D eigenvalue weighted by Crippen LogP contribution is -2.43. The molecule has 1 fully saturated rings. The highest BCUT2D eigenvalue weighted by molar-refractivity contribution is 7.98. The van der Waals surface area contributed by atoms with E-state index in [1.807, 2.05) is 28.8 Å². The lowest BCUT2D eigenvalue weighted by Gasteiger charge is -2.42. The van der Waals surface area contributed by atoms with E-state index in [2.05, 4.69) is 60.7 Å². The SMILES string of the molecule is O=c1c2c(nc(SCc3ccccc3)n1Cc1ccccc1)-c1ccccc1CC21CCCCC1. The molecular formula is C31H30N2OS. The lowest BCUT2D eigenvalue weighted by molar-refractivity contribution is 0.282. The zero-order chi connectivity index (χ0) is 23.7. The monoisotopic (exact) mass is 478 g/mol. The van der Waals surface area contributed by atoms with E-state index in [1.165, 1.54) is 30.4 Å². The molecule has 0 amide bonds. The fraction of sp³-hybridized carbons (Fsp3) is 0.290. The molecule has 35 heavy (non-hydrogen) atoms. The first-order valence-corrected chi connectivity index (χ1v) is 13.7. The molecule has 1 aromatic heterocycles. The molecule has 3 aromatic carbocycles. The Balaban J connectivity index is 1.53. The number of aromatic nitrogens is 2. The summed E-state index contributed by atoms with van der Waals surface area (Å²) in [5.74, 6) is 0.785. The minimum absolute atomic E-state index is 0.0902. The molecule has 1 spiro atoms. The van der Waals surface area contributed by atoms with Gasteiger partial charge in [0.15, 0.2) is 5.16 Å². The van der Waals surface area contributed by atoms with Crippen molar-refractivity contribution in [3.63, 3.8) is 0 Å². The highest BCUT2D eigenvalue weighted by Gasteiger charge is 2.43. The summed E-state index contributed by atoms with van der Waals surface area (Å²) in [5.41, 5.74) is 6.82. The van der Waals surface area contributed by atoms with Gasteiger partial charge in [0.2, 0.25) is 0 Å². The molecule has 1 heterocycles. The summed E-state index contributed by atoms with van der Waals surface area (Å²) in [7, 11) is 0. The molecule has 0 aliphatic heterocycles. The van der Waals surface area contributed by atoms with E-state index in [4.69, 9.17) is 4.98 Å². The third kappa shape index (κ3) is 4.25. The molecule has 1 saturated carbocycles. The van der Waals surface area contributed by atoms with Gasteiger partial charge in [-0.1, -0.05) is 116 Å². The highest BCUT2D eigenvalue weighted by Crippen LogP contribution is 2.48. The van der Waals surface area contributed by atoms with Crippen molar-refractivity contribution in [3.8, 4) is 11.3 Å². The van der Waals surface area contributed by atoms with Crippen LogP contribution >= 0.6 is 11.8 Å². The van der Waals surface area contributed by atoms with E-state index in [1.54, 1.807) is 11.8 Å². The molecule has 3 nitrogen and oxygen atoms in total. The molecular weight excluding hydrogens is 448 g/mol. The number of hydrogen-bond acceptors (Lipinski definition) is 3. The normalized spacial score (nSPS) is 16.0. The molecule has 2 aliphatic carbocycles. The molecule has 0 atom stereocenters. The summed E-state index contributed by atoms with van der Waals surface area (Å²) in [6, 6.07) is 29.4. The molecule has 0 saturated heterocycles. The van der Waals surface area contributed by atoms with Crippen LogP contribution in [0.3, 0.4) is 0 Å². The number of benzene rings is 3. The minimum atomic E-state index is -0.0902. The second-order valence-electron chi connectivity index (χ2n) is 9.94. The zero-order valence-electron chi connectivity index (χ0n) is 20.0. The van der Waals surface area contributed by atoms with Gasteiger partial charge in [0, 0.05) is 16.7 Å². The fourth-order valence-electron chi connectivity index (χ4n) is 5.96. The van der Waals surface area contributed by atoms with Gasteiger partial charge in [-0.25, -0.2) is 4.98 Å². The molecule has 2 aliphatic rings. The van der Waals surface area contributed by atoms with Crippen LogP contribution in [0.1, 0.15) is 54.4 Å². The van der Waals surface area contributed by atoms with Crippen LogP contribution in [0.2, 0.25) is 0 Å². The maximum absolute atomic E-state index is 14.4. The van der Waals surface area contributed by atoms with Gasteiger partial charge in [0.1, 0.15) is 0 Å². The van der Waals surface area contributed by atoms with Crippen molar-refractivity contribution in [1.29, 1.82) is 0 Å². The van der Waals surface area contributed by atoms with Crippen LogP contribution in [0.4, 0.5) is 0 Å². The summed E-state index contributed by atoms with van der Waals surface area (Å²) in [6.45, 7) is 0.550. The summed E-state index contributed by atoms with van der Waals surface area (Å²) in [5, 5.41) is 0.809. The van der Waals surface area contributed by atoms with E-state index in [9.17, 15) is 4.79 Å².